The fraction of sp³-hybridized carbons (Fsp3) is 0.588. The molecule has 1 heterocycles. The van der Waals surface area contributed by atoms with Crippen LogP contribution in [0.2, 0.25) is 0 Å². The Balaban J connectivity index is 0.00000264. The Hall–Kier alpha value is -1.02. The van der Waals surface area contributed by atoms with Gasteiger partial charge in [-0.1, -0.05) is 18.2 Å². The van der Waals surface area contributed by atoms with Gasteiger partial charge in [-0.3, -0.25) is 4.99 Å². The van der Waals surface area contributed by atoms with Crippen LogP contribution in [0.3, 0.4) is 0 Å². The zero-order valence-corrected chi connectivity index (χ0v) is 16.5. The van der Waals surface area contributed by atoms with Crippen molar-refractivity contribution in [1.29, 1.82) is 0 Å². The van der Waals surface area contributed by atoms with E-state index in [1.165, 1.54) is 5.69 Å². The number of halogens is 1. The van der Waals surface area contributed by atoms with Crippen molar-refractivity contribution in [2.24, 2.45) is 4.99 Å². The topological polar surface area (TPSA) is 40.1 Å². The Morgan fingerprint density at radius 1 is 1.17 bits per heavy atom. The standard InChI is InChI=1S/C17H28N4O.HI/c1-3-18-17(19-10-7-15-22-2)21-13-11-20(12-14-21)16-8-5-4-6-9-16;/h4-6,8-9H,3,7,10-15H2,1-2H3,(H,18,19);1H. The van der Waals surface area contributed by atoms with Crippen LogP contribution in [-0.2, 0) is 4.74 Å². The minimum atomic E-state index is 0. The zero-order chi connectivity index (χ0) is 15.6. The molecule has 0 aromatic heterocycles. The summed E-state index contributed by atoms with van der Waals surface area (Å²) >= 11 is 0. The van der Waals surface area contributed by atoms with Crippen LogP contribution < -0.4 is 10.2 Å². The van der Waals surface area contributed by atoms with Gasteiger partial charge in [-0.2, -0.15) is 0 Å². The monoisotopic (exact) mass is 432 g/mol. The Kier molecular flexibility index (Phi) is 10.0. The van der Waals surface area contributed by atoms with Gasteiger partial charge in [0, 0.05) is 58.7 Å². The SMILES string of the molecule is CCNC(=NCCCOC)N1CCN(c2ccccc2)CC1.I. The molecule has 0 aliphatic carbocycles. The molecule has 1 saturated heterocycles. The smallest absolute Gasteiger partial charge is 0.194 e. The van der Waals surface area contributed by atoms with E-state index in [0.29, 0.717) is 0 Å². The summed E-state index contributed by atoms with van der Waals surface area (Å²) in [5.41, 5.74) is 1.31. The van der Waals surface area contributed by atoms with Crippen molar-refractivity contribution in [3.05, 3.63) is 30.3 Å². The molecule has 0 radical (unpaired) electrons. The van der Waals surface area contributed by atoms with Crippen molar-refractivity contribution in [3.8, 4) is 0 Å². The minimum absolute atomic E-state index is 0. The van der Waals surface area contributed by atoms with Crippen LogP contribution in [0.5, 0.6) is 0 Å². The van der Waals surface area contributed by atoms with Gasteiger partial charge in [0.05, 0.1) is 0 Å². The van der Waals surface area contributed by atoms with Crippen LogP contribution in [0, 0.1) is 0 Å². The highest BCUT2D eigenvalue weighted by Crippen LogP contribution is 2.15. The quantitative estimate of drug-likeness (QED) is 0.325. The van der Waals surface area contributed by atoms with Crippen molar-refractivity contribution in [2.45, 2.75) is 13.3 Å². The minimum Gasteiger partial charge on any atom is -0.385 e. The summed E-state index contributed by atoms with van der Waals surface area (Å²) in [7, 11) is 1.73. The summed E-state index contributed by atoms with van der Waals surface area (Å²) in [5.74, 6) is 1.03. The van der Waals surface area contributed by atoms with Crippen molar-refractivity contribution in [1.82, 2.24) is 10.2 Å². The molecule has 0 saturated carbocycles. The number of nitrogens with zero attached hydrogens (tertiary/aromatic N) is 3. The van der Waals surface area contributed by atoms with Crippen molar-refractivity contribution < 1.29 is 4.74 Å². The normalized spacial score (nSPS) is 15.3. The lowest BCUT2D eigenvalue weighted by molar-refractivity contribution is 0.197. The van der Waals surface area contributed by atoms with Gasteiger partial charge in [-0.25, -0.2) is 0 Å². The molecule has 23 heavy (non-hydrogen) atoms. The fourth-order valence-corrected chi connectivity index (χ4v) is 2.63. The Labute approximate surface area is 157 Å². The highest BCUT2D eigenvalue weighted by atomic mass is 127. The number of hydrogen-bond donors (Lipinski definition) is 1. The molecule has 0 bridgehead atoms. The summed E-state index contributed by atoms with van der Waals surface area (Å²) < 4.78 is 5.08. The van der Waals surface area contributed by atoms with E-state index in [1.54, 1.807) is 7.11 Å². The molecule has 0 amide bonds. The number of piperazine rings is 1. The zero-order valence-electron chi connectivity index (χ0n) is 14.2. The van der Waals surface area contributed by atoms with Gasteiger partial charge < -0.3 is 19.9 Å². The number of hydrogen-bond acceptors (Lipinski definition) is 3. The number of methoxy groups -OCH3 is 1. The number of nitrogens with one attached hydrogen (secondary N) is 1. The molecule has 1 aliphatic heterocycles. The molecule has 0 unspecified atom stereocenters. The van der Waals surface area contributed by atoms with Crippen LogP contribution in [0.25, 0.3) is 0 Å². The predicted molar refractivity (Wildman–Crippen MR) is 108 cm³/mol. The third-order valence-electron chi connectivity index (χ3n) is 3.80. The largest absolute Gasteiger partial charge is 0.385 e. The maximum atomic E-state index is 5.08. The summed E-state index contributed by atoms with van der Waals surface area (Å²) in [4.78, 5) is 9.50. The second kappa shape index (κ2) is 11.5. The fourth-order valence-electron chi connectivity index (χ4n) is 2.63. The number of guanidine groups is 1. The lowest BCUT2D eigenvalue weighted by Gasteiger charge is -2.37. The number of aliphatic imine (C=N–C) groups is 1. The molecule has 1 aliphatic rings. The first kappa shape index (κ1) is 20.0. The summed E-state index contributed by atoms with van der Waals surface area (Å²) in [6, 6.07) is 10.6. The third-order valence-corrected chi connectivity index (χ3v) is 3.80. The van der Waals surface area contributed by atoms with Crippen molar-refractivity contribution >= 4 is 35.6 Å². The lowest BCUT2D eigenvalue weighted by atomic mass is 10.2. The van der Waals surface area contributed by atoms with Crippen LogP contribution in [0.4, 0.5) is 5.69 Å². The molecule has 0 atom stereocenters. The van der Waals surface area contributed by atoms with Crippen LogP contribution in [0.15, 0.2) is 35.3 Å². The Bertz CT molecular complexity index is 447. The van der Waals surface area contributed by atoms with Gasteiger partial charge in [-0.15, -0.1) is 24.0 Å². The van der Waals surface area contributed by atoms with E-state index in [1.807, 2.05) is 0 Å². The van der Waals surface area contributed by atoms with Gasteiger partial charge >= 0.3 is 0 Å². The molecule has 0 spiro atoms. The summed E-state index contributed by atoms with van der Waals surface area (Å²) in [6.45, 7) is 8.68. The molecule has 5 nitrogen and oxygen atoms in total. The molecule has 1 N–H and O–H groups in total. The maximum absolute atomic E-state index is 5.08. The van der Waals surface area contributed by atoms with Gasteiger partial charge in [0.15, 0.2) is 5.96 Å². The van der Waals surface area contributed by atoms with Gasteiger partial charge in [-0.05, 0) is 25.5 Å². The van der Waals surface area contributed by atoms with Gasteiger partial charge in [0.25, 0.3) is 0 Å². The van der Waals surface area contributed by atoms with Gasteiger partial charge in [0.2, 0.25) is 0 Å². The van der Waals surface area contributed by atoms with E-state index in [0.717, 1.165) is 58.3 Å². The Morgan fingerprint density at radius 2 is 1.87 bits per heavy atom. The second-order valence-corrected chi connectivity index (χ2v) is 5.39. The Morgan fingerprint density at radius 3 is 2.48 bits per heavy atom. The predicted octanol–water partition coefficient (Wildman–Crippen LogP) is 2.43. The van der Waals surface area contributed by atoms with E-state index < -0.39 is 0 Å². The summed E-state index contributed by atoms with van der Waals surface area (Å²) in [5, 5.41) is 3.40. The van der Waals surface area contributed by atoms with E-state index in [9.17, 15) is 0 Å². The first-order chi connectivity index (χ1) is 10.8. The highest BCUT2D eigenvalue weighted by molar-refractivity contribution is 14.0. The number of para-hydroxylation sites is 1. The molecular formula is C17H29IN4O. The summed E-state index contributed by atoms with van der Waals surface area (Å²) in [6.07, 6.45) is 0.968. The molecule has 2 rings (SSSR count). The highest BCUT2D eigenvalue weighted by Gasteiger charge is 2.19. The maximum Gasteiger partial charge on any atom is 0.194 e. The van der Waals surface area contributed by atoms with Crippen LogP contribution in [-0.4, -0.2) is 63.8 Å². The lowest BCUT2D eigenvalue weighted by Crippen LogP contribution is -2.52. The number of rotatable bonds is 6. The first-order valence-electron chi connectivity index (χ1n) is 8.17. The number of benzene rings is 1. The number of anilines is 1. The number of ether oxygens (including phenoxy) is 1. The van der Waals surface area contributed by atoms with E-state index in [4.69, 9.17) is 9.73 Å². The molecule has 130 valence electrons. The van der Waals surface area contributed by atoms with Crippen molar-refractivity contribution in [2.75, 3.05) is 57.9 Å². The van der Waals surface area contributed by atoms with E-state index in [-0.39, 0.29) is 24.0 Å². The van der Waals surface area contributed by atoms with E-state index >= 15 is 0 Å². The molecule has 1 fully saturated rings. The third kappa shape index (κ3) is 6.55. The molecule has 6 heteroatoms. The second-order valence-electron chi connectivity index (χ2n) is 5.39. The molecule has 1 aromatic rings. The van der Waals surface area contributed by atoms with E-state index in [2.05, 4.69) is 52.4 Å². The van der Waals surface area contributed by atoms with Gasteiger partial charge in [0.1, 0.15) is 0 Å². The average Bonchev–Trinajstić information content (AvgIpc) is 2.59. The molecule has 1 aromatic carbocycles. The van der Waals surface area contributed by atoms with Crippen LogP contribution >= 0.6 is 24.0 Å². The van der Waals surface area contributed by atoms with Crippen molar-refractivity contribution in [3.63, 3.8) is 0 Å². The first-order valence-corrected chi connectivity index (χ1v) is 8.17. The van der Waals surface area contributed by atoms with Crippen LogP contribution in [0.1, 0.15) is 13.3 Å². The molecular weight excluding hydrogens is 403 g/mol. The average molecular weight is 432 g/mol.